The van der Waals surface area contributed by atoms with E-state index in [9.17, 15) is 0 Å². The van der Waals surface area contributed by atoms with E-state index in [1.54, 1.807) is 11.2 Å². The van der Waals surface area contributed by atoms with E-state index in [-0.39, 0.29) is 0 Å². The number of fused-ring (bicyclic) bond motifs is 4. The highest BCUT2D eigenvalue weighted by molar-refractivity contribution is 7.19. The molecule has 4 aromatic rings. The Labute approximate surface area is 180 Å². The smallest absolute Gasteiger partial charge is 0.158 e. The van der Waals surface area contributed by atoms with Crippen LogP contribution < -0.4 is 5.32 Å². The van der Waals surface area contributed by atoms with Crippen molar-refractivity contribution >= 4 is 27.2 Å². The van der Waals surface area contributed by atoms with Gasteiger partial charge >= 0.3 is 0 Å². The predicted molar refractivity (Wildman–Crippen MR) is 124 cm³/mol. The molecule has 2 fully saturated rings. The minimum Gasteiger partial charge on any atom is -0.346 e. The lowest BCUT2D eigenvalue weighted by Crippen LogP contribution is -2.37. The van der Waals surface area contributed by atoms with Gasteiger partial charge in [-0.05, 0) is 74.1 Å². The van der Waals surface area contributed by atoms with E-state index in [1.807, 2.05) is 15.9 Å². The van der Waals surface area contributed by atoms with Gasteiger partial charge in [-0.25, -0.2) is 9.50 Å². The molecule has 6 heteroatoms. The number of hydrogen-bond donors (Lipinski definition) is 2. The van der Waals surface area contributed by atoms with Gasteiger partial charge in [0.2, 0.25) is 0 Å². The molecule has 30 heavy (non-hydrogen) atoms. The second-order valence-electron chi connectivity index (χ2n) is 9.61. The van der Waals surface area contributed by atoms with Gasteiger partial charge < -0.3 is 10.3 Å². The molecule has 0 spiro atoms. The average molecular weight is 420 g/mol. The van der Waals surface area contributed by atoms with E-state index < -0.39 is 0 Å². The molecule has 2 aliphatic rings. The van der Waals surface area contributed by atoms with E-state index in [1.165, 1.54) is 58.3 Å². The van der Waals surface area contributed by atoms with Crippen LogP contribution in [0.5, 0.6) is 0 Å². The average Bonchev–Trinajstić information content (AvgIpc) is 3.46. The third-order valence-electron chi connectivity index (χ3n) is 7.23. The Hall–Kier alpha value is -2.18. The Bertz CT molecular complexity index is 1250. The molecule has 0 amide bonds. The molecule has 2 aliphatic heterocycles. The summed E-state index contributed by atoms with van der Waals surface area (Å²) in [6, 6.07) is 3.70. The number of aryl methyl sites for hydroxylation is 2. The quantitative estimate of drug-likeness (QED) is 0.449. The number of rotatable bonds is 3. The number of H-pyrrole nitrogens is 1. The van der Waals surface area contributed by atoms with Gasteiger partial charge in [0.25, 0.3) is 0 Å². The maximum absolute atomic E-state index is 4.38. The highest BCUT2D eigenvalue weighted by Crippen LogP contribution is 2.47. The van der Waals surface area contributed by atoms with Crippen molar-refractivity contribution in [2.45, 2.75) is 77.3 Å². The first kappa shape index (κ1) is 18.6. The molecule has 156 valence electrons. The molecule has 2 unspecified atom stereocenters. The zero-order chi connectivity index (χ0) is 20.6. The van der Waals surface area contributed by atoms with Gasteiger partial charge in [0, 0.05) is 34.1 Å². The lowest BCUT2D eigenvalue weighted by atomic mass is 9.88. The van der Waals surface area contributed by atoms with Crippen LogP contribution in [-0.2, 0) is 0 Å². The minimum absolute atomic E-state index is 0.450. The lowest BCUT2D eigenvalue weighted by Gasteiger charge is -2.29. The van der Waals surface area contributed by atoms with Crippen LogP contribution in [0.1, 0.15) is 72.9 Å². The van der Waals surface area contributed by atoms with Crippen LogP contribution in [0.4, 0.5) is 0 Å². The van der Waals surface area contributed by atoms with Crippen LogP contribution in [0, 0.1) is 13.8 Å². The Morgan fingerprint density at radius 1 is 1.17 bits per heavy atom. The van der Waals surface area contributed by atoms with Crippen molar-refractivity contribution in [3.63, 3.8) is 0 Å². The molecule has 2 N–H and O–H groups in total. The van der Waals surface area contributed by atoms with Gasteiger partial charge in [0.1, 0.15) is 11.2 Å². The molecule has 6 heterocycles. The maximum atomic E-state index is 4.38. The van der Waals surface area contributed by atoms with Gasteiger partial charge in [-0.2, -0.15) is 5.10 Å². The van der Waals surface area contributed by atoms with Crippen LogP contribution in [0.15, 0.2) is 18.6 Å². The van der Waals surface area contributed by atoms with E-state index in [2.05, 4.69) is 60.3 Å². The summed E-state index contributed by atoms with van der Waals surface area (Å²) in [4.78, 5) is 11.2. The van der Waals surface area contributed by atoms with E-state index in [4.69, 9.17) is 0 Å². The van der Waals surface area contributed by atoms with Crippen molar-refractivity contribution in [2.24, 2.45) is 0 Å². The van der Waals surface area contributed by atoms with Crippen molar-refractivity contribution in [3.8, 4) is 11.3 Å². The van der Waals surface area contributed by atoms with Gasteiger partial charge in [-0.3, -0.25) is 0 Å². The third kappa shape index (κ3) is 2.70. The van der Waals surface area contributed by atoms with Crippen LogP contribution in [0.25, 0.3) is 27.1 Å². The lowest BCUT2D eigenvalue weighted by molar-refractivity contribution is 0.366. The molecule has 0 aliphatic carbocycles. The van der Waals surface area contributed by atoms with Crippen LogP contribution in [-0.4, -0.2) is 31.7 Å². The molecule has 2 bridgehead atoms. The summed E-state index contributed by atoms with van der Waals surface area (Å²) in [5.41, 5.74) is 7.47. The molecule has 5 nitrogen and oxygen atoms in total. The standard InChI is InChI=1S/C24H29N5S/c1-12(2)19-20-14(4)22(15-8-17-5-6-18(9-15)27-17)30-24(20)28-21(19)16-7-13(3)23-25-11-26-29(23)10-16/h7,10-12,15,17-18,27-28H,5-6,8-9H2,1-4H3/t15?,17-,18?/m1/s1. The fraction of sp³-hybridized carbons (Fsp3) is 0.500. The molecule has 6 rings (SSSR count). The first-order valence-corrected chi connectivity index (χ1v) is 12.0. The largest absolute Gasteiger partial charge is 0.346 e. The molecular formula is C24H29N5S. The van der Waals surface area contributed by atoms with Crippen LogP contribution >= 0.6 is 11.3 Å². The summed E-state index contributed by atoms with van der Waals surface area (Å²) >= 11 is 2.00. The minimum atomic E-state index is 0.450. The van der Waals surface area contributed by atoms with Crippen molar-refractivity contribution < 1.29 is 0 Å². The normalized spacial score (nSPS) is 24.0. The molecule has 0 aromatic carbocycles. The second-order valence-corrected chi connectivity index (χ2v) is 10.7. The second kappa shape index (κ2) is 6.66. The first-order valence-electron chi connectivity index (χ1n) is 11.2. The van der Waals surface area contributed by atoms with E-state index in [0.717, 1.165) is 23.3 Å². The number of hydrogen-bond acceptors (Lipinski definition) is 4. The number of aromatic nitrogens is 4. The van der Waals surface area contributed by atoms with Crippen molar-refractivity contribution in [1.82, 2.24) is 24.9 Å². The summed E-state index contributed by atoms with van der Waals surface area (Å²) < 4.78 is 1.90. The highest BCUT2D eigenvalue weighted by Gasteiger charge is 2.36. The summed E-state index contributed by atoms with van der Waals surface area (Å²) in [5.74, 6) is 1.16. The molecule has 2 saturated heterocycles. The fourth-order valence-electron chi connectivity index (χ4n) is 5.95. The molecule has 0 saturated carbocycles. The number of aromatic amines is 1. The van der Waals surface area contributed by atoms with E-state index in [0.29, 0.717) is 11.8 Å². The molecule has 4 aromatic heterocycles. The number of nitrogens with one attached hydrogen (secondary N) is 2. The van der Waals surface area contributed by atoms with Gasteiger partial charge in [0.05, 0.1) is 5.69 Å². The fourth-order valence-corrected chi connectivity index (χ4v) is 7.30. The molecule has 0 radical (unpaired) electrons. The summed E-state index contributed by atoms with van der Waals surface area (Å²) in [6.07, 6.45) is 9.05. The number of thiophene rings is 1. The van der Waals surface area contributed by atoms with Crippen molar-refractivity contribution in [1.29, 1.82) is 0 Å². The summed E-state index contributed by atoms with van der Waals surface area (Å²) in [6.45, 7) is 9.10. The SMILES string of the molecule is Cc1c(C2CC3CC[C@H](C2)N3)sc2[nH]c(-c3cc(C)c4ncnn4c3)c(C(C)C)c12. The van der Waals surface area contributed by atoms with E-state index >= 15 is 0 Å². The van der Waals surface area contributed by atoms with Crippen LogP contribution in [0.2, 0.25) is 0 Å². The number of piperidine rings is 1. The molecule has 3 atom stereocenters. The Kier molecular flexibility index (Phi) is 4.12. The van der Waals surface area contributed by atoms with Crippen LogP contribution in [0.3, 0.4) is 0 Å². The molecular weight excluding hydrogens is 390 g/mol. The maximum Gasteiger partial charge on any atom is 0.158 e. The Balaban J connectivity index is 1.50. The monoisotopic (exact) mass is 419 g/mol. The summed E-state index contributed by atoms with van der Waals surface area (Å²) in [5, 5.41) is 9.64. The van der Waals surface area contributed by atoms with Crippen molar-refractivity contribution in [2.75, 3.05) is 0 Å². The number of nitrogens with zero attached hydrogens (tertiary/aromatic N) is 3. The zero-order valence-corrected chi connectivity index (χ0v) is 18.9. The zero-order valence-electron chi connectivity index (χ0n) is 18.1. The number of pyridine rings is 1. The predicted octanol–water partition coefficient (Wildman–Crippen LogP) is 5.68. The highest BCUT2D eigenvalue weighted by atomic mass is 32.1. The summed E-state index contributed by atoms with van der Waals surface area (Å²) in [7, 11) is 0. The topological polar surface area (TPSA) is 58.0 Å². The Morgan fingerprint density at radius 3 is 2.67 bits per heavy atom. The van der Waals surface area contributed by atoms with Crippen molar-refractivity contribution in [3.05, 3.63) is 40.2 Å². The first-order chi connectivity index (χ1) is 14.5. The van der Waals surface area contributed by atoms with Gasteiger partial charge in [-0.15, -0.1) is 11.3 Å². The van der Waals surface area contributed by atoms with Gasteiger partial charge in [-0.1, -0.05) is 13.8 Å². The van der Waals surface area contributed by atoms with Gasteiger partial charge in [0.15, 0.2) is 5.65 Å². The Morgan fingerprint density at radius 2 is 1.93 bits per heavy atom. The third-order valence-corrected chi connectivity index (χ3v) is 8.60.